The molecule has 6 nitrogen and oxygen atoms in total. The Balaban J connectivity index is 2.67. The number of esters is 1. The number of ether oxygens (including phenoxy) is 2. The van der Waals surface area contributed by atoms with Gasteiger partial charge in [-0.25, -0.2) is 4.79 Å². The molecule has 6 heteroatoms. The van der Waals surface area contributed by atoms with Crippen LogP contribution in [0, 0.1) is 0 Å². The molecular weight excluding hydrogens is 248 g/mol. The Morgan fingerprint density at radius 3 is 2.63 bits per heavy atom. The molecule has 0 radical (unpaired) electrons. The van der Waals surface area contributed by atoms with Gasteiger partial charge in [-0.1, -0.05) is 6.07 Å². The lowest BCUT2D eigenvalue weighted by atomic mass is 10.1. The number of nitrogens with one attached hydrogen (secondary N) is 1. The van der Waals surface area contributed by atoms with Crippen molar-refractivity contribution in [2.75, 3.05) is 19.0 Å². The fourth-order valence-electron chi connectivity index (χ4n) is 1.16. The molecule has 0 aliphatic carbocycles. The SMILES string of the molecule is COC(=O)COc1cccc(NC(=O)C(C)(C)N)c1. The normalized spacial score (nSPS) is 10.7. The van der Waals surface area contributed by atoms with E-state index in [1.54, 1.807) is 38.1 Å². The quantitative estimate of drug-likeness (QED) is 0.773. The highest BCUT2D eigenvalue weighted by molar-refractivity contribution is 5.97. The fraction of sp³-hybridized carbons (Fsp3) is 0.385. The Labute approximate surface area is 111 Å². The molecule has 0 saturated carbocycles. The van der Waals surface area contributed by atoms with Crippen LogP contribution in [0.25, 0.3) is 0 Å². The van der Waals surface area contributed by atoms with Gasteiger partial charge >= 0.3 is 5.97 Å². The van der Waals surface area contributed by atoms with E-state index < -0.39 is 11.5 Å². The minimum atomic E-state index is -0.969. The van der Waals surface area contributed by atoms with E-state index >= 15 is 0 Å². The van der Waals surface area contributed by atoms with E-state index in [-0.39, 0.29) is 12.5 Å². The summed E-state index contributed by atoms with van der Waals surface area (Å²) in [6.45, 7) is 3.04. The van der Waals surface area contributed by atoms with Crippen molar-refractivity contribution < 1.29 is 19.1 Å². The molecule has 1 rings (SSSR count). The third-order valence-electron chi connectivity index (χ3n) is 2.26. The van der Waals surface area contributed by atoms with E-state index in [1.165, 1.54) is 7.11 Å². The van der Waals surface area contributed by atoms with Crippen molar-refractivity contribution in [3.8, 4) is 5.75 Å². The summed E-state index contributed by atoms with van der Waals surface area (Å²) >= 11 is 0. The van der Waals surface area contributed by atoms with Crippen molar-refractivity contribution in [2.45, 2.75) is 19.4 Å². The lowest BCUT2D eigenvalue weighted by Crippen LogP contribution is -2.45. The van der Waals surface area contributed by atoms with Crippen LogP contribution >= 0.6 is 0 Å². The third-order valence-corrected chi connectivity index (χ3v) is 2.26. The lowest BCUT2D eigenvalue weighted by molar-refractivity contribution is -0.142. The number of methoxy groups -OCH3 is 1. The maximum atomic E-state index is 11.7. The highest BCUT2D eigenvalue weighted by atomic mass is 16.6. The van der Waals surface area contributed by atoms with E-state index in [0.717, 1.165) is 0 Å². The van der Waals surface area contributed by atoms with Crippen molar-refractivity contribution in [1.82, 2.24) is 0 Å². The minimum absolute atomic E-state index is 0.184. The monoisotopic (exact) mass is 266 g/mol. The largest absolute Gasteiger partial charge is 0.482 e. The lowest BCUT2D eigenvalue weighted by Gasteiger charge is -2.18. The molecule has 0 fully saturated rings. The zero-order chi connectivity index (χ0) is 14.5. The third kappa shape index (κ3) is 4.97. The van der Waals surface area contributed by atoms with Gasteiger partial charge in [0.15, 0.2) is 6.61 Å². The molecule has 0 aliphatic rings. The van der Waals surface area contributed by atoms with Gasteiger partial charge in [0.2, 0.25) is 5.91 Å². The van der Waals surface area contributed by atoms with Crippen LogP contribution in [-0.2, 0) is 14.3 Å². The van der Waals surface area contributed by atoms with E-state index in [1.807, 2.05) is 0 Å². The molecule has 1 aromatic rings. The Morgan fingerprint density at radius 2 is 2.05 bits per heavy atom. The molecule has 0 aliphatic heterocycles. The fourth-order valence-corrected chi connectivity index (χ4v) is 1.16. The standard InChI is InChI=1S/C13H18N2O4/c1-13(2,14)12(17)15-9-5-4-6-10(7-9)19-8-11(16)18-3/h4-7H,8,14H2,1-3H3,(H,15,17). The van der Waals surface area contributed by atoms with Crippen molar-refractivity contribution >= 4 is 17.6 Å². The molecule has 19 heavy (non-hydrogen) atoms. The average molecular weight is 266 g/mol. The van der Waals surface area contributed by atoms with E-state index in [0.29, 0.717) is 11.4 Å². The van der Waals surface area contributed by atoms with Crippen LogP contribution in [0.1, 0.15) is 13.8 Å². The molecular formula is C13H18N2O4. The number of carbonyl (C=O) groups excluding carboxylic acids is 2. The molecule has 0 bridgehead atoms. The van der Waals surface area contributed by atoms with Crippen LogP contribution in [-0.4, -0.2) is 31.1 Å². The minimum Gasteiger partial charge on any atom is -0.482 e. The van der Waals surface area contributed by atoms with Crippen LogP contribution in [0.2, 0.25) is 0 Å². The van der Waals surface area contributed by atoms with Crippen molar-refractivity contribution in [3.05, 3.63) is 24.3 Å². The molecule has 3 N–H and O–H groups in total. The first-order chi connectivity index (χ1) is 8.82. The molecule has 0 aromatic heterocycles. The highest BCUT2D eigenvalue weighted by Gasteiger charge is 2.21. The van der Waals surface area contributed by atoms with Crippen LogP contribution in [0.15, 0.2) is 24.3 Å². The van der Waals surface area contributed by atoms with Gasteiger partial charge < -0.3 is 20.5 Å². The molecule has 1 amide bonds. The van der Waals surface area contributed by atoms with E-state index in [9.17, 15) is 9.59 Å². The molecule has 104 valence electrons. The van der Waals surface area contributed by atoms with E-state index in [4.69, 9.17) is 10.5 Å². The second-order valence-electron chi connectivity index (χ2n) is 4.57. The van der Waals surface area contributed by atoms with Crippen LogP contribution in [0.4, 0.5) is 5.69 Å². The van der Waals surface area contributed by atoms with E-state index in [2.05, 4.69) is 10.1 Å². The summed E-state index contributed by atoms with van der Waals surface area (Å²) in [7, 11) is 1.28. The molecule has 1 aromatic carbocycles. The zero-order valence-corrected chi connectivity index (χ0v) is 11.2. The summed E-state index contributed by atoms with van der Waals surface area (Å²) < 4.78 is 9.67. The predicted octanol–water partition coefficient (Wildman–Crippen LogP) is 0.914. The second kappa shape index (κ2) is 6.19. The number of benzene rings is 1. The van der Waals surface area contributed by atoms with Gasteiger partial charge in [0.05, 0.1) is 12.6 Å². The first-order valence-electron chi connectivity index (χ1n) is 5.73. The number of hydrogen-bond donors (Lipinski definition) is 2. The Kier molecular flexibility index (Phi) is 4.88. The number of nitrogens with two attached hydrogens (primary N) is 1. The molecule has 0 heterocycles. The predicted molar refractivity (Wildman–Crippen MR) is 70.8 cm³/mol. The van der Waals surface area contributed by atoms with Gasteiger partial charge in [0.1, 0.15) is 5.75 Å². The molecule has 0 unspecified atom stereocenters. The number of hydrogen-bond acceptors (Lipinski definition) is 5. The number of carbonyl (C=O) groups is 2. The summed E-state index contributed by atoms with van der Waals surface area (Å²) in [5.74, 6) is -0.326. The van der Waals surface area contributed by atoms with Gasteiger partial charge in [-0.3, -0.25) is 4.79 Å². The maximum absolute atomic E-state index is 11.7. The zero-order valence-electron chi connectivity index (χ0n) is 11.2. The summed E-state index contributed by atoms with van der Waals surface area (Å²) in [5.41, 5.74) is 5.25. The highest BCUT2D eigenvalue weighted by Crippen LogP contribution is 2.18. The number of amides is 1. The Bertz CT molecular complexity index is 466. The molecule has 0 atom stereocenters. The van der Waals surface area contributed by atoms with Gasteiger partial charge in [-0.05, 0) is 26.0 Å². The van der Waals surface area contributed by atoms with Crippen LogP contribution in [0.3, 0.4) is 0 Å². The summed E-state index contributed by atoms with van der Waals surface area (Å²) in [6.07, 6.45) is 0. The van der Waals surface area contributed by atoms with Crippen LogP contribution in [0.5, 0.6) is 5.75 Å². The number of anilines is 1. The molecule has 0 spiro atoms. The number of rotatable bonds is 5. The maximum Gasteiger partial charge on any atom is 0.343 e. The Morgan fingerprint density at radius 1 is 1.37 bits per heavy atom. The van der Waals surface area contributed by atoms with Crippen molar-refractivity contribution in [1.29, 1.82) is 0 Å². The van der Waals surface area contributed by atoms with Crippen molar-refractivity contribution in [2.24, 2.45) is 5.73 Å². The summed E-state index contributed by atoms with van der Waals surface area (Å²) in [5, 5.41) is 2.66. The first kappa shape index (κ1) is 15.0. The Hall–Kier alpha value is -2.08. The van der Waals surface area contributed by atoms with Crippen molar-refractivity contribution in [3.63, 3.8) is 0 Å². The first-order valence-corrected chi connectivity index (χ1v) is 5.73. The topological polar surface area (TPSA) is 90.6 Å². The van der Waals surface area contributed by atoms with Gasteiger partial charge in [0.25, 0.3) is 0 Å². The van der Waals surface area contributed by atoms with Crippen LogP contribution < -0.4 is 15.8 Å². The molecule has 0 saturated heterocycles. The van der Waals surface area contributed by atoms with Gasteiger partial charge in [-0.15, -0.1) is 0 Å². The second-order valence-corrected chi connectivity index (χ2v) is 4.57. The van der Waals surface area contributed by atoms with Gasteiger partial charge in [0, 0.05) is 11.8 Å². The average Bonchev–Trinajstić information content (AvgIpc) is 2.35. The summed E-state index contributed by atoms with van der Waals surface area (Å²) in [6, 6.07) is 6.68. The van der Waals surface area contributed by atoms with Gasteiger partial charge in [-0.2, -0.15) is 0 Å². The summed E-state index contributed by atoms with van der Waals surface area (Å²) in [4.78, 5) is 22.7. The smallest absolute Gasteiger partial charge is 0.343 e.